The number of carboxylic acid groups (broad SMARTS) is 1. The van der Waals surface area contributed by atoms with E-state index in [-0.39, 0.29) is 36.4 Å². The first kappa shape index (κ1) is 25.0. The van der Waals surface area contributed by atoms with Gasteiger partial charge in [0.25, 0.3) is 0 Å². The molecule has 0 saturated carbocycles. The van der Waals surface area contributed by atoms with Crippen LogP contribution in [0.2, 0.25) is 10.0 Å². The zero-order chi connectivity index (χ0) is 24.5. The molecule has 7 heteroatoms. The SMILES string of the molecule is CCC(C1CCCO1)N1C(=O)[C@@](C)(CC(=O)O)CC(c2cccc(Cl)c2)[C@H]1c1ccc(Cl)cc1. The van der Waals surface area contributed by atoms with Gasteiger partial charge in [-0.2, -0.15) is 0 Å². The van der Waals surface area contributed by atoms with Crippen LogP contribution in [0.25, 0.3) is 0 Å². The number of carbonyl (C=O) groups is 2. The maximum absolute atomic E-state index is 14.2. The molecule has 0 aromatic heterocycles. The number of likely N-dealkylation sites (tertiary alicyclic amines) is 1. The largest absolute Gasteiger partial charge is 0.481 e. The van der Waals surface area contributed by atoms with Gasteiger partial charge in [-0.05, 0) is 61.1 Å². The molecule has 0 bridgehead atoms. The molecular weight excluding hydrogens is 473 g/mol. The molecule has 1 N–H and O–H groups in total. The molecule has 2 aromatic rings. The van der Waals surface area contributed by atoms with Gasteiger partial charge in [-0.25, -0.2) is 0 Å². The van der Waals surface area contributed by atoms with Crippen molar-refractivity contribution in [3.8, 4) is 0 Å². The molecule has 2 aliphatic heterocycles. The Morgan fingerprint density at radius 3 is 2.50 bits per heavy atom. The summed E-state index contributed by atoms with van der Waals surface area (Å²) in [6.45, 7) is 4.53. The van der Waals surface area contributed by atoms with Crippen molar-refractivity contribution in [1.82, 2.24) is 4.90 Å². The Kier molecular flexibility index (Phi) is 7.56. The van der Waals surface area contributed by atoms with Gasteiger partial charge in [0.15, 0.2) is 0 Å². The highest BCUT2D eigenvalue weighted by Crippen LogP contribution is 2.52. The molecule has 5 nitrogen and oxygen atoms in total. The van der Waals surface area contributed by atoms with E-state index in [1.807, 2.05) is 53.4 Å². The number of halogens is 2. The first-order valence-electron chi connectivity index (χ1n) is 11.9. The molecule has 2 fully saturated rings. The minimum absolute atomic E-state index is 0.0732. The average molecular weight is 504 g/mol. The molecule has 1 amide bonds. The number of carboxylic acids is 1. The summed E-state index contributed by atoms with van der Waals surface area (Å²) >= 11 is 12.6. The Bertz CT molecular complexity index is 1040. The highest BCUT2D eigenvalue weighted by molar-refractivity contribution is 6.30. The maximum atomic E-state index is 14.2. The highest BCUT2D eigenvalue weighted by Gasteiger charge is 2.53. The predicted molar refractivity (Wildman–Crippen MR) is 133 cm³/mol. The second kappa shape index (κ2) is 10.3. The van der Waals surface area contributed by atoms with Crippen molar-refractivity contribution in [3.63, 3.8) is 0 Å². The summed E-state index contributed by atoms with van der Waals surface area (Å²) in [5.41, 5.74) is 0.911. The second-order valence-corrected chi connectivity index (χ2v) is 10.6. The summed E-state index contributed by atoms with van der Waals surface area (Å²) in [7, 11) is 0. The second-order valence-electron chi connectivity index (χ2n) is 9.73. The number of rotatable bonds is 7. The van der Waals surface area contributed by atoms with Gasteiger partial charge in [0.1, 0.15) is 0 Å². The molecule has 2 saturated heterocycles. The number of aliphatic carboxylic acids is 1. The fourth-order valence-corrected chi connectivity index (χ4v) is 6.11. The lowest BCUT2D eigenvalue weighted by Gasteiger charge is -2.52. The molecule has 34 heavy (non-hydrogen) atoms. The molecular formula is C27H31Cl2NO4. The molecule has 2 heterocycles. The van der Waals surface area contributed by atoms with E-state index in [1.54, 1.807) is 6.92 Å². The van der Waals surface area contributed by atoms with Crippen molar-refractivity contribution in [3.05, 3.63) is 69.7 Å². The van der Waals surface area contributed by atoms with E-state index in [1.165, 1.54) is 0 Å². The van der Waals surface area contributed by atoms with Gasteiger partial charge in [0.05, 0.1) is 30.0 Å². The quantitative estimate of drug-likeness (QED) is 0.468. The highest BCUT2D eigenvalue weighted by atomic mass is 35.5. The number of nitrogens with zero attached hydrogens (tertiary/aromatic N) is 1. The van der Waals surface area contributed by atoms with Gasteiger partial charge in [0, 0.05) is 22.6 Å². The number of amides is 1. The average Bonchev–Trinajstić information content (AvgIpc) is 3.32. The van der Waals surface area contributed by atoms with Crippen LogP contribution in [0.5, 0.6) is 0 Å². The molecule has 3 unspecified atom stereocenters. The van der Waals surface area contributed by atoms with Crippen molar-refractivity contribution < 1.29 is 19.4 Å². The Balaban J connectivity index is 1.90. The molecule has 182 valence electrons. The predicted octanol–water partition coefficient (Wildman–Crippen LogP) is 6.49. The maximum Gasteiger partial charge on any atom is 0.304 e. The molecule has 0 aliphatic carbocycles. The van der Waals surface area contributed by atoms with Crippen LogP contribution in [0.3, 0.4) is 0 Å². The first-order valence-corrected chi connectivity index (χ1v) is 12.7. The summed E-state index contributed by atoms with van der Waals surface area (Å²) in [6, 6.07) is 14.8. The van der Waals surface area contributed by atoms with Crippen molar-refractivity contribution in [2.75, 3.05) is 6.61 Å². The lowest BCUT2D eigenvalue weighted by molar-refractivity contribution is -0.164. The number of hydrogen-bond acceptors (Lipinski definition) is 3. The van der Waals surface area contributed by atoms with Gasteiger partial charge >= 0.3 is 5.97 Å². The fourth-order valence-electron chi connectivity index (χ4n) is 5.79. The Labute approximate surface area is 211 Å². The molecule has 0 spiro atoms. The van der Waals surface area contributed by atoms with E-state index in [2.05, 4.69) is 6.92 Å². The van der Waals surface area contributed by atoms with Crippen LogP contribution in [-0.4, -0.2) is 40.6 Å². The van der Waals surface area contributed by atoms with Crippen LogP contribution in [0.1, 0.15) is 69.0 Å². The molecule has 2 aromatic carbocycles. The smallest absolute Gasteiger partial charge is 0.304 e. The fraction of sp³-hybridized carbons (Fsp3) is 0.481. The summed E-state index contributed by atoms with van der Waals surface area (Å²) in [6.07, 6.45) is 2.66. The van der Waals surface area contributed by atoms with Crippen LogP contribution in [0, 0.1) is 5.41 Å². The third-order valence-corrected chi connectivity index (χ3v) is 7.79. The number of ether oxygens (including phenoxy) is 1. The Morgan fingerprint density at radius 2 is 1.91 bits per heavy atom. The lowest BCUT2D eigenvalue weighted by atomic mass is 9.66. The summed E-state index contributed by atoms with van der Waals surface area (Å²) < 4.78 is 6.07. The first-order chi connectivity index (χ1) is 16.2. The lowest BCUT2D eigenvalue weighted by Crippen LogP contribution is -2.58. The number of benzene rings is 2. The number of piperidine rings is 1. The molecule has 4 rings (SSSR count). The van der Waals surface area contributed by atoms with E-state index in [9.17, 15) is 14.7 Å². The van der Waals surface area contributed by atoms with E-state index in [4.69, 9.17) is 27.9 Å². The van der Waals surface area contributed by atoms with Gasteiger partial charge in [0.2, 0.25) is 5.91 Å². The van der Waals surface area contributed by atoms with E-state index < -0.39 is 11.4 Å². The van der Waals surface area contributed by atoms with E-state index >= 15 is 0 Å². The molecule has 0 radical (unpaired) electrons. The number of carbonyl (C=O) groups excluding carboxylic acids is 1. The zero-order valence-electron chi connectivity index (χ0n) is 19.5. The Hall–Kier alpha value is -2.08. The van der Waals surface area contributed by atoms with Crippen LogP contribution >= 0.6 is 23.2 Å². The van der Waals surface area contributed by atoms with Crippen LogP contribution < -0.4 is 0 Å². The van der Waals surface area contributed by atoms with Crippen molar-refractivity contribution in [1.29, 1.82) is 0 Å². The molecule has 2 aliphatic rings. The molecule has 5 atom stereocenters. The van der Waals surface area contributed by atoms with Gasteiger partial charge in [-0.15, -0.1) is 0 Å². The third kappa shape index (κ3) is 4.98. The van der Waals surface area contributed by atoms with Crippen LogP contribution in [-0.2, 0) is 14.3 Å². The van der Waals surface area contributed by atoms with E-state index in [0.717, 1.165) is 24.0 Å². The monoisotopic (exact) mass is 503 g/mol. The van der Waals surface area contributed by atoms with Gasteiger partial charge < -0.3 is 14.7 Å². The van der Waals surface area contributed by atoms with E-state index in [0.29, 0.717) is 29.5 Å². The van der Waals surface area contributed by atoms with Gasteiger partial charge in [-0.1, -0.05) is 61.3 Å². The summed E-state index contributed by atoms with van der Waals surface area (Å²) in [5.74, 6) is -1.25. The van der Waals surface area contributed by atoms with Crippen LogP contribution in [0.15, 0.2) is 48.5 Å². The minimum atomic E-state index is -1.05. The summed E-state index contributed by atoms with van der Waals surface area (Å²) in [5, 5.41) is 11.0. The standard InChI is InChI=1S/C27H31Cl2NO4/c1-3-22(23-8-5-13-34-23)30-25(17-9-11-19(28)12-10-17)21(18-6-4-7-20(29)14-18)15-27(2,26(30)33)16-24(31)32/h4,6-7,9-12,14,21-23,25H,3,5,8,13,15-16H2,1-2H3,(H,31,32)/t21?,22?,23?,25-,27-/m1/s1. The summed E-state index contributed by atoms with van der Waals surface area (Å²) in [4.78, 5) is 28.0. The number of hydrogen-bond donors (Lipinski definition) is 1. The van der Waals surface area contributed by atoms with Crippen LogP contribution in [0.4, 0.5) is 0 Å². The minimum Gasteiger partial charge on any atom is -0.481 e. The topological polar surface area (TPSA) is 66.8 Å². The van der Waals surface area contributed by atoms with Gasteiger partial charge in [-0.3, -0.25) is 9.59 Å². The Morgan fingerprint density at radius 1 is 1.18 bits per heavy atom. The normalized spacial score (nSPS) is 28.2. The van der Waals surface area contributed by atoms with Crippen molar-refractivity contribution in [2.45, 2.75) is 70.1 Å². The third-order valence-electron chi connectivity index (χ3n) is 7.30. The van der Waals surface area contributed by atoms with Crippen molar-refractivity contribution >= 4 is 35.1 Å². The zero-order valence-corrected chi connectivity index (χ0v) is 21.1. The van der Waals surface area contributed by atoms with Crippen molar-refractivity contribution in [2.24, 2.45) is 5.41 Å².